The summed E-state index contributed by atoms with van der Waals surface area (Å²) < 4.78 is 16.9. The molecule has 7 heteroatoms. The Morgan fingerprint density at radius 3 is 2.85 bits per heavy atom. The predicted octanol–water partition coefficient (Wildman–Crippen LogP) is 2.63. The molecule has 0 amide bonds. The molecule has 2 aromatic rings. The lowest BCUT2D eigenvalue weighted by molar-refractivity contribution is 0.106. The number of anilines is 1. The third kappa shape index (κ3) is 3.43. The van der Waals surface area contributed by atoms with Gasteiger partial charge in [-0.3, -0.25) is 4.79 Å². The maximum Gasteiger partial charge on any atom is 0.237 e. The molecular formula is C19H22N2O5. The number of hydrogen-bond donors (Lipinski definition) is 1. The number of aldehydes is 1. The van der Waals surface area contributed by atoms with Crippen LogP contribution in [0, 0.1) is 0 Å². The van der Waals surface area contributed by atoms with Gasteiger partial charge in [-0.2, -0.15) is 0 Å². The van der Waals surface area contributed by atoms with Crippen molar-refractivity contribution in [2.75, 3.05) is 25.7 Å². The van der Waals surface area contributed by atoms with Gasteiger partial charge in [-0.05, 0) is 37.1 Å². The number of rotatable bonds is 7. The highest BCUT2D eigenvalue weighted by Gasteiger charge is 2.36. The highest BCUT2D eigenvalue weighted by atomic mass is 16.5. The molecule has 2 heterocycles. The van der Waals surface area contributed by atoms with Gasteiger partial charge in [0.2, 0.25) is 5.88 Å². The fourth-order valence-electron chi connectivity index (χ4n) is 3.29. The van der Waals surface area contributed by atoms with E-state index in [1.807, 2.05) is 12.1 Å². The number of ether oxygens (including phenoxy) is 3. The van der Waals surface area contributed by atoms with E-state index in [0.29, 0.717) is 24.5 Å². The van der Waals surface area contributed by atoms with Crippen LogP contribution in [-0.4, -0.2) is 49.5 Å². The summed E-state index contributed by atoms with van der Waals surface area (Å²) >= 11 is 0. The number of methoxy groups -OCH3 is 2. The van der Waals surface area contributed by atoms with Gasteiger partial charge in [-0.15, -0.1) is 0 Å². The molecule has 1 N–H and O–H groups in total. The molecule has 26 heavy (non-hydrogen) atoms. The van der Waals surface area contributed by atoms with E-state index in [1.165, 1.54) is 6.07 Å². The molecule has 7 nitrogen and oxygen atoms in total. The van der Waals surface area contributed by atoms with Gasteiger partial charge in [0.05, 0.1) is 18.7 Å². The summed E-state index contributed by atoms with van der Waals surface area (Å²) in [5.41, 5.74) is 0.985. The van der Waals surface area contributed by atoms with Crippen molar-refractivity contribution < 1.29 is 24.1 Å². The fourth-order valence-corrected chi connectivity index (χ4v) is 3.29. The second-order valence-electron chi connectivity index (χ2n) is 5.98. The second kappa shape index (κ2) is 8.05. The van der Waals surface area contributed by atoms with Gasteiger partial charge in [-0.1, -0.05) is 6.07 Å². The van der Waals surface area contributed by atoms with Crippen molar-refractivity contribution in [2.45, 2.75) is 25.1 Å². The molecule has 1 aromatic carbocycles. The molecule has 0 spiro atoms. The molecule has 0 bridgehead atoms. The fraction of sp³-hybridized carbons (Fsp3) is 0.368. The molecule has 1 aromatic heterocycles. The molecular weight excluding hydrogens is 336 g/mol. The van der Waals surface area contributed by atoms with Gasteiger partial charge >= 0.3 is 0 Å². The normalized spacial score (nSPS) is 19.4. The van der Waals surface area contributed by atoms with Crippen LogP contribution in [0.25, 0.3) is 0 Å². The van der Waals surface area contributed by atoms with E-state index < -0.39 is 0 Å². The number of pyridine rings is 1. The van der Waals surface area contributed by atoms with E-state index in [-0.39, 0.29) is 23.6 Å². The Morgan fingerprint density at radius 2 is 2.12 bits per heavy atom. The zero-order valence-electron chi connectivity index (χ0n) is 14.8. The molecule has 138 valence electrons. The van der Waals surface area contributed by atoms with Gasteiger partial charge < -0.3 is 24.2 Å². The minimum absolute atomic E-state index is 0.0138. The predicted molar refractivity (Wildman–Crippen MR) is 96.1 cm³/mol. The van der Waals surface area contributed by atoms with Crippen LogP contribution in [0.2, 0.25) is 0 Å². The van der Waals surface area contributed by atoms with Crippen molar-refractivity contribution in [3.63, 3.8) is 0 Å². The molecule has 1 fully saturated rings. The lowest BCUT2D eigenvalue weighted by atomic mass is 10.2. The maximum absolute atomic E-state index is 11.2. The van der Waals surface area contributed by atoms with Crippen molar-refractivity contribution in [3.05, 3.63) is 42.1 Å². The minimum atomic E-state index is -0.114. The SMILES string of the molecule is COc1ncccc1N1C(COc2cccc(O)c2C=O)CCC1OC. The van der Waals surface area contributed by atoms with Crippen molar-refractivity contribution in [2.24, 2.45) is 0 Å². The van der Waals surface area contributed by atoms with Crippen LogP contribution >= 0.6 is 0 Å². The molecule has 1 aliphatic rings. The van der Waals surface area contributed by atoms with Gasteiger partial charge in [0.15, 0.2) is 6.29 Å². The van der Waals surface area contributed by atoms with Gasteiger partial charge in [0, 0.05) is 13.3 Å². The Kier molecular flexibility index (Phi) is 5.58. The quantitative estimate of drug-likeness (QED) is 0.762. The van der Waals surface area contributed by atoms with E-state index >= 15 is 0 Å². The van der Waals surface area contributed by atoms with Gasteiger partial charge in [0.25, 0.3) is 0 Å². The summed E-state index contributed by atoms with van der Waals surface area (Å²) in [6, 6.07) is 8.56. The molecule has 2 atom stereocenters. The summed E-state index contributed by atoms with van der Waals surface area (Å²) in [5.74, 6) is 0.788. The Bertz CT molecular complexity index is 767. The number of nitrogens with zero attached hydrogens (tertiary/aromatic N) is 2. The van der Waals surface area contributed by atoms with Crippen molar-refractivity contribution in [3.8, 4) is 17.4 Å². The Hall–Kier alpha value is -2.80. The largest absolute Gasteiger partial charge is 0.507 e. The van der Waals surface area contributed by atoms with Crippen LogP contribution in [0.3, 0.4) is 0 Å². The summed E-state index contributed by atoms with van der Waals surface area (Å²) in [5, 5.41) is 9.80. The number of phenols is 1. The number of benzene rings is 1. The molecule has 0 radical (unpaired) electrons. The number of aromatic hydroxyl groups is 1. The van der Waals surface area contributed by atoms with E-state index in [1.54, 1.807) is 32.5 Å². The number of aromatic nitrogens is 1. The number of carbonyl (C=O) groups is 1. The third-order valence-corrected chi connectivity index (χ3v) is 4.54. The molecule has 2 unspecified atom stereocenters. The number of hydrogen-bond acceptors (Lipinski definition) is 7. The van der Waals surface area contributed by atoms with Crippen LogP contribution in [0.4, 0.5) is 5.69 Å². The van der Waals surface area contributed by atoms with Gasteiger partial charge in [0.1, 0.15) is 30.0 Å². The van der Waals surface area contributed by atoms with E-state index in [9.17, 15) is 9.90 Å². The first kappa shape index (κ1) is 18.0. The molecule has 1 saturated heterocycles. The first-order chi connectivity index (χ1) is 12.7. The standard InChI is InChI=1S/C19H22N2O5/c1-24-18-9-8-13(21(18)15-5-4-10-20-19(15)25-2)12-26-17-7-3-6-16(23)14(17)11-22/h3-7,10-11,13,18,23H,8-9,12H2,1-2H3. The highest BCUT2D eigenvalue weighted by Crippen LogP contribution is 2.36. The summed E-state index contributed by atoms with van der Waals surface area (Å²) in [6.45, 7) is 0.336. The van der Waals surface area contributed by atoms with Crippen molar-refractivity contribution in [1.82, 2.24) is 4.98 Å². The zero-order valence-corrected chi connectivity index (χ0v) is 14.8. The van der Waals surface area contributed by atoms with E-state index in [2.05, 4.69) is 9.88 Å². The highest BCUT2D eigenvalue weighted by molar-refractivity contribution is 5.83. The number of carbonyl (C=O) groups excluding carboxylic acids is 1. The van der Waals surface area contributed by atoms with Crippen LogP contribution in [0.15, 0.2) is 36.5 Å². The zero-order chi connectivity index (χ0) is 18.5. The molecule has 1 aliphatic heterocycles. The maximum atomic E-state index is 11.2. The lowest BCUT2D eigenvalue weighted by Crippen LogP contribution is -2.40. The monoisotopic (exact) mass is 358 g/mol. The summed E-state index contributed by atoms with van der Waals surface area (Å²) in [7, 11) is 3.25. The first-order valence-electron chi connectivity index (χ1n) is 8.39. The molecule has 0 saturated carbocycles. The van der Waals surface area contributed by atoms with Crippen LogP contribution in [-0.2, 0) is 4.74 Å². The second-order valence-corrected chi connectivity index (χ2v) is 5.98. The van der Waals surface area contributed by atoms with Crippen LogP contribution in [0.1, 0.15) is 23.2 Å². The summed E-state index contributed by atoms with van der Waals surface area (Å²) in [4.78, 5) is 17.6. The first-order valence-corrected chi connectivity index (χ1v) is 8.39. The van der Waals surface area contributed by atoms with Gasteiger partial charge in [-0.25, -0.2) is 4.98 Å². The Morgan fingerprint density at radius 1 is 1.27 bits per heavy atom. The van der Waals surface area contributed by atoms with E-state index in [4.69, 9.17) is 14.2 Å². The number of phenolic OH excluding ortho intramolecular Hbond substituents is 1. The smallest absolute Gasteiger partial charge is 0.237 e. The Labute approximate surface area is 152 Å². The average Bonchev–Trinajstić information content (AvgIpc) is 3.09. The van der Waals surface area contributed by atoms with E-state index in [0.717, 1.165) is 18.5 Å². The van der Waals surface area contributed by atoms with Crippen LogP contribution < -0.4 is 14.4 Å². The average molecular weight is 358 g/mol. The lowest BCUT2D eigenvalue weighted by Gasteiger charge is -2.32. The minimum Gasteiger partial charge on any atom is -0.507 e. The molecule has 0 aliphatic carbocycles. The van der Waals surface area contributed by atoms with Crippen molar-refractivity contribution in [1.29, 1.82) is 0 Å². The third-order valence-electron chi connectivity index (χ3n) is 4.54. The van der Waals surface area contributed by atoms with Crippen LogP contribution in [0.5, 0.6) is 17.4 Å². The topological polar surface area (TPSA) is 81.1 Å². The van der Waals surface area contributed by atoms with Crippen molar-refractivity contribution >= 4 is 12.0 Å². The Balaban J connectivity index is 1.83. The summed E-state index contributed by atoms with van der Waals surface area (Å²) in [6.07, 6.45) is 3.85. The molecule has 3 rings (SSSR count).